The summed E-state index contributed by atoms with van der Waals surface area (Å²) in [6.45, 7) is 4.09. The first kappa shape index (κ1) is 31.7. The van der Waals surface area contributed by atoms with E-state index < -0.39 is 21.9 Å². The first-order valence-corrected chi connectivity index (χ1v) is 15.7. The Kier molecular flexibility index (Phi) is 8.99. The second kappa shape index (κ2) is 13.6. The molecule has 0 radical (unpaired) electrons. The monoisotopic (exact) mass is 659 g/mol. The molecule has 2 heterocycles. The number of H-pyrrole nitrogens is 1. The Bertz CT molecular complexity index is 2160. The number of anilines is 2. The van der Waals surface area contributed by atoms with Crippen molar-refractivity contribution in [2.45, 2.75) is 12.5 Å². The molecule has 0 fully saturated rings. The summed E-state index contributed by atoms with van der Waals surface area (Å²) >= 11 is 1.54. The Morgan fingerprint density at radius 3 is 2.31 bits per heavy atom. The number of nitro groups is 2. The third-order valence-electron chi connectivity index (χ3n) is 7.96. The number of hydrogen-bond donors (Lipinski definition) is 3. The van der Waals surface area contributed by atoms with Crippen molar-refractivity contribution in [2.75, 3.05) is 17.7 Å². The van der Waals surface area contributed by atoms with E-state index in [1.165, 1.54) is 30.6 Å². The number of esters is 1. The van der Waals surface area contributed by atoms with Crippen LogP contribution in [0.15, 0.2) is 115 Å². The molecular weight excluding hydrogens is 630 g/mol. The molecule has 11 nitrogen and oxygen atoms in total. The first-order chi connectivity index (χ1) is 23.2. The van der Waals surface area contributed by atoms with Gasteiger partial charge in [-0.2, -0.15) is 0 Å². The van der Waals surface area contributed by atoms with Crippen molar-refractivity contribution in [1.82, 2.24) is 4.98 Å². The van der Waals surface area contributed by atoms with Crippen molar-refractivity contribution in [2.24, 2.45) is 0 Å². The van der Waals surface area contributed by atoms with Gasteiger partial charge in [-0.15, -0.1) is 11.3 Å². The van der Waals surface area contributed by atoms with Crippen molar-refractivity contribution in [3.05, 3.63) is 147 Å². The highest BCUT2D eigenvalue weighted by Gasteiger charge is 2.25. The molecule has 0 saturated heterocycles. The molecule has 0 aliphatic carbocycles. The van der Waals surface area contributed by atoms with Gasteiger partial charge in [-0.1, -0.05) is 61.2 Å². The molecule has 2 aromatic heterocycles. The number of hydrogen-bond acceptors (Lipinski definition) is 9. The van der Waals surface area contributed by atoms with E-state index in [1.807, 2.05) is 48.0 Å². The van der Waals surface area contributed by atoms with Gasteiger partial charge in [0.25, 0.3) is 11.4 Å². The summed E-state index contributed by atoms with van der Waals surface area (Å²) in [6, 6.07) is 27.5. The van der Waals surface area contributed by atoms with Crippen molar-refractivity contribution < 1.29 is 19.4 Å². The van der Waals surface area contributed by atoms with Gasteiger partial charge in [0.05, 0.1) is 17.0 Å². The minimum atomic E-state index is -0.876. The zero-order valence-electron chi connectivity index (χ0n) is 25.6. The fourth-order valence-corrected chi connectivity index (χ4v) is 6.24. The van der Waals surface area contributed by atoms with Crippen LogP contribution in [0.4, 0.5) is 22.7 Å². The van der Waals surface area contributed by atoms with E-state index in [0.29, 0.717) is 28.1 Å². The number of ether oxygens (including phenoxy) is 1. The van der Waals surface area contributed by atoms with Crippen molar-refractivity contribution in [1.29, 1.82) is 0 Å². The number of methoxy groups -OCH3 is 1. The van der Waals surface area contributed by atoms with Gasteiger partial charge >= 0.3 is 5.97 Å². The van der Waals surface area contributed by atoms with E-state index in [9.17, 15) is 25.0 Å². The van der Waals surface area contributed by atoms with Crippen LogP contribution >= 0.6 is 11.3 Å². The van der Waals surface area contributed by atoms with Gasteiger partial charge in [-0.3, -0.25) is 20.2 Å². The van der Waals surface area contributed by atoms with Crippen LogP contribution < -0.4 is 10.6 Å². The quantitative estimate of drug-likeness (QED) is 0.0670. The summed E-state index contributed by atoms with van der Waals surface area (Å²) in [4.78, 5) is 39.9. The molecule has 0 saturated carbocycles. The molecule has 4 aromatic carbocycles. The van der Waals surface area contributed by atoms with Crippen molar-refractivity contribution >= 4 is 56.7 Å². The van der Waals surface area contributed by atoms with Gasteiger partial charge in [0.1, 0.15) is 17.4 Å². The Labute approximate surface area is 278 Å². The number of rotatable bonds is 12. The summed E-state index contributed by atoms with van der Waals surface area (Å²) in [7, 11) is 1.28. The van der Waals surface area contributed by atoms with Crippen molar-refractivity contribution in [3.8, 4) is 21.6 Å². The van der Waals surface area contributed by atoms with Gasteiger partial charge in [0.2, 0.25) is 0 Å². The van der Waals surface area contributed by atoms with Gasteiger partial charge in [-0.05, 0) is 63.5 Å². The highest BCUT2D eigenvalue weighted by molar-refractivity contribution is 7.13. The molecule has 3 N–H and O–H groups in total. The second-order valence-electron chi connectivity index (χ2n) is 10.9. The molecule has 0 aliphatic rings. The molecule has 6 rings (SSSR count). The molecular formula is C36H29N5O6S. The number of carbonyl (C=O) groups excluding carboxylic acids is 1. The Morgan fingerprint density at radius 2 is 1.60 bits per heavy atom. The number of thiophene rings is 1. The van der Waals surface area contributed by atoms with Gasteiger partial charge < -0.3 is 20.4 Å². The summed E-state index contributed by atoms with van der Waals surface area (Å²) in [5.41, 5.74) is 5.26. The molecule has 6 aromatic rings. The second-order valence-corrected chi connectivity index (χ2v) is 11.9. The molecule has 0 unspecified atom stereocenters. The molecule has 0 bridgehead atoms. The lowest BCUT2D eigenvalue weighted by Crippen LogP contribution is -2.33. The molecule has 0 amide bonds. The van der Waals surface area contributed by atoms with E-state index in [0.717, 1.165) is 26.9 Å². The Balaban J connectivity index is 1.22. The van der Waals surface area contributed by atoms with Crippen LogP contribution in [-0.2, 0) is 16.0 Å². The van der Waals surface area contributed by atoms with E-state index in [4.69, 9.17) is 4.74 Å². The first-order valence-electron chi connectivity index (χ1n) is 14.8. The summed E-state index contributed by atoms with van der Waals surface area (Å²) in [6.07, 6.45) is 2.06. The van der Waals surface area contributed by atoms with Crippen LogP contribution in [-0.4, -0.2) is 34.0 Å². The summed E-state index contributed by atoms with van der Waals surface area (Å²) < 4.78 is 5.02. The maximum Gasteiger partial charge on any atom is 0.328 e. The lowest BCUT2D eigenvalue weighted by molar-refractivity contribution is -0.384. The average molecular weight is 660 g/mol. The van der Waals surface area contributed by atoms with Gasteiger partial charge in [-0.25, -0.2) is 4.79 Å². The zero-order chi connectivity index (χ0) is 33.8. The SMILES string of the molecule is C=C(Nc1cc(-c2cccs2)ccc1[N+](=O)[O-])c1ccc(-c2ccc(N[C@H](Cc3c[nH]c4ccccc34)C(=O)OC)c([N+](=O)[O-])c2)cc1. The van der Waals surface area contributed by atoms with E-state index >= 15 is 0 Å². The number of nitro benzene ring substituents is 2. The summed E-state index contributed by atoms with van der Waals surface area (Å²) in [5, 5.41) is 32.9. The topological polar surface area (TPSA) is 152 Å². The number of benzene rings is 4. The van der Waals surface area contributed by atoms with Crippen LogP contribution in [0.3, 0.4) is 0 Å². The van der Waals surface area contributed by atoms with Crippen LogP contribution in [0, 0.1) is 20.2 Å². The number of aromatic nitrogens is 1. The minimum Gasteiger partial charge on any atom is -0.467 e. The van der Waals surface area contributed by atoms with Gasteiger partial charge in [0, 0.05) is 46.2 Å². The zero-order valence-corrected chi connectivity index (χ0v) is 26.5. The number of aromatic amines is 1. The standard InChI is InChI=1S/C36H29N5O6S/c1-22(38-31-18-26(35-8-5-17-48-35)14-16-33(31)40(43)44)23-9-11-24(12-10-23)25-13-15-30(34(20-25)41(45)46)39-32(36(42)47-2)19-27-21-37-29-7-4-3-6-28(27)29/h3-18,20-21,32,37-39H,1,19H2,2H3/t32-/m1/s1. The van der Waals surface area contributed by atoms with Crippen LogP contribution in [0.1, 0.15) is 11.1 Å². The maximum absolute atomic E-state index is 12.8. The Morgan fingerprint density at radius 1 is 0.875 bits per heavy atom. The van der Waals surface area contributed by atoms with E-state index in [2.05, 4.69) is 22.2 Å². The molecule has 12 heteroatoms. The van der Waals surface area contributed by atoms with Crippen molar-refractivity contribution in [3.63, 3.8) is 0 Å². The predicted octanol–water partition coefficient (Wildman–Crippen LogP) is 8.66. The fourth-order valence-electron chi connectivity index (χ4n) is 5.52. The highest BCUT2D eigenvalue weighted by atomic mass is 32.1. The lowest BCUT2D eigenvalue weighted by atomic mass is 10.0. The number of carbonyl (C=O) groups is 1. The molecule has 48 heavy (non-hydrogen) atoms. The van der Waals surface area contributed by atoms with Gasteiger partial charge in [0.15, 0.2) is 0 Å². The van der Waals surface area contributed by atoms with Crippen LogP contribution in [0.5, 0.6) is 0 Å². The van der Waals surface area contributed by atoms with E-state index in [1.54, 1.807) is 48.5 Å². The molecule has 0 spiro atoms. The lowest BCUT2D eigenvalue weighted by Gasteiger charge is -2.18. The van der Waals surface area contributed by atoms with E-state index in [-0.39, 0.29) is 23.5 Å². The highest BCUT2D eigenvalue weighted by Crippen LogP contribution is 2.36. The predicted molar refractivity (Wildman–Crippen MR) is 189 cm³/mol. The van der Waals surface area contributed by atoms with Crippen LogP contribution in [0.2, 0.25) is 0 Å². The maximum atomic E-state index is 12.8. The molecule has 1 atom stereocenters. The fraction of sp³-hybridized carbons (Fsp3) is 0.0833. The average Bonchev–Trinajstić information content (AvgIpc) is 3.79. The number of fused-ring (bicyclic) bond motifs is 1. The molecule has 0 aliphatic heterocycles. The smallest absolute Gasteiger partial charge is 0.328 e. The summed E-state index contributed by atoms with van der Waals surface area (Å²) in [5.74, 6) is -0.549. The number of para-hydroxylation sites is 1. The Hall–Kier alpha value is -6.27. The third kappa shape index (κ3) is 6.64. The molecule has 240 valence electrons. The number of nitrogens with one attached hydrogen (secondary N) is 3. The minimum absolute atomic E-state index is 0.0787. The number of nitrogens with zero attached hydrogens (tertiary/aromatic N) is 2. The third-order valence-corrected chi connectivity index (χ3v) is 8.88. The largest absolute Gasteiger partial charge is 0.467 e. The van der Waals surface area contributed by atoms with Crippen LogP contribution in [0.25, 0.3) is 38.2 Å². The normalized spacial score (nSPS) is 11.5.